The summed E-state index contributed by atoms with van der Waals surface area (Å²) >= 11 is 0. The molecule has 0 saturated carbocycles. The molecule has 1 fully saturated rings. The molecular weight excluding hydrogens is 420 g/mol. The lowest BCUT2D eigenvalue weighted by Gasteiger charge is -2.26. The zero-order valence-electron chi connectivity index (χ0n) is 17.4. The first kappa shape index (κ1) is 22.9. The minimum atomic E-state index is -3.73. The third kappa shape index (κ3) is 5.66. The second-order valence-corrected chi connectivity index (χ2v) is 9.38. The van der Waals surface area contributed by atoms with Gasteiger partial charge >= 0.3 is 0 Å². The lowest BCUT2D eigenvalue weighted by atomic mass is 10.0. The summed E-state index contributed by atoms with van der Waals surface area (Å²) in [7, 11) is -3.73. The quantitative estimate of drug-likeness (QED) is 0.666. The first-order valence-corrected chi connectivity index (χ1v) is 11.4. The molecule has 2 N–H and O–H groups in total. The molecule has 1 aliphatic rings. The molecule has 1 aliphatic heterocycles. The Balaban J connectivity index is 1.75. The number of benzene rings is 1. The van der Waals surface area contributed by atoms with Crippen molar-refractivity contribution in [1.29, 1.82) is 0 Å². The number of hydrogen-bond acceptors (Lipinski definition) is 6. The summed E-state index contributed by atoms with van der Waals surface area (Å²) in [4.78, 5) is 29.6. The fraction of sp³-hybridized carbons (Fsp3) is 0.381. The second kappa shape index (κ2) is 9.99. The number of hydrogen-bond donors (Lipinski definition) is 2. The maximum atomic E-state index is 12.9. The second-order valence-electron chi connectivity index (χ2n) is 7.44. The Bertz CT molecular complexity index is 1020. The standard InChI is InChI=1S/C21H26N4O5S/c1-15(2)19(21(27)23-18-8-3-4-9-22-18)24-20(26)16-6-5-7-17(14-16)31(28,29)25-10-12-30-13-11-25/h3-9,14-15,19H,10-13H2,1-2H3,(H,24,26)(H,22,23,27)/t19-/m0/s1. The van der Waals surface area contributed by atoms with E-state index in [9.17, 15) is 18.0 Å². The van der Waals surface area contributed by atoms with Crippen molar-refractivity contribution < 1.29 is 22.7 Å². The van der Waals surface area contributed by atoms with Gasteiger partial charge in [-0.2, -0.15) is 4.31 Å². The van der Waals surface area contributed by atoms with Crippen LogP contribution in [0.5, 0.6) is 0 Å². The van der Waals surface area contributed by atoms with E-state index >= 15 is 0 Å². The van der Waals surface area contributed by atoms with E-state index in [0.29, 0.717) is 19.0 Å². The summed E-state index contributed by atoms with van der Waals surface area (Å²) in [6, 6.07) is 10.1. The Morgan fingerprint density at radius 1 is 1.10 bits per heavy atom. The van der Waals surface area contributed by atoms with Crippen molar-refractivity contribution in [2.75, 3.05) is 31.6 Å². The fourth-order valence-electron chi connectivity index (χ4n) is 3.13. The highest BCUT2D eigenvalue weighted by molar-refractivity contribution is 7.89. The highest BCUT2D eigenvalue weighted by Gasteiger charge is 2.28. The van der Waals surface area contributed by atoms with E-state index in [-0.39, 0.29) is 29.5 Å². The molecule has 1 saturated heterocycles. The van der Waals surface area contributed by atoms with Crippen LogP contribution < -0.4 is 10.6 Å². The largest absolute Gasteiger partial charge is 0.379 e. The molecule has 31 heavy (non-hydrogen) atoms. The van der Waals surface area contributed by atoms with Crippen LogP contribution in [0.2, 0.25) is 0 Å². The van der Waals surface area contributed by atoms with Crippen molar-refractivity contribution in [3.63, 3.8) is 0 Å². The van der Waals surface area contributed by atoms with Crippen LogP contribution in [-0.4, -0.2) is 61.9 Å². The van der Waals surface area contributed by atoms with Gasteiger partial charge in [0.25, 0.3) is 5.91 Å². The molecule has 0 unspecified atom stereocenters. The summed E-state index contributed by atoms with van der Waals surface area (Å²) in [5.74, 6) is -0.757. The number of nitrogens with one attached hydrogen (secondary N) is 2. The average Bonchev–Trinajstić information content (AvgIpc) is 2.78. The minimum Gasteiger partial charge on any atom is -0.379 e. The zero-order chi connectivity index (χ0) is 22.4. The van der Waals surface area contributed by atoms with E-state index in [1.165, 1.54) is 28.6 Å². The molecule has 9 nitrogen and oxygen atoms in total. The smallest absolute Gasteiger partial charge is 0.251 e. The van der Waals surface area contributed by atoms with E-state index in [4.69, 9.17) is 4.74 Å². The molecule has 166 valence electrons. The third-order valence-electron chi connectivity index (χ3n) is 4.86. The van der Waals surface area contributed by atoms with E-state index < -0.39 is 27.9 Å². The van der Waals surface area contributed by atoms with Gasteiger partial charge in [-0.1, -0.05) is 26.0 Å². The SMILES string of the molecule is CC(C)[C@H](NC(=O)c1cccc(S(=O)(=O)N2CCOCC2)c1)C(=O)Nc1ccccn1. The number of rotatable bonds is 7. The summed E-state index contributed by atoms with van der Waals surface area (Å²) in [5, 5.41) is 5.38. The third-order valence-corrected chi connectivity index (χ3v) is 6.75. The molecule has 1 atom stereocenters. The molecular formula is C21H26N4O5S. The first-order valence-electron chi connectivity index (χ1n) is 10.00. The predicted octanol–water partition coefficient (Wildman–Crippen LogP) is 1.50. The molecule has 1 aromatic carbocycles. The average molecular weight is 447 g/mol. The maximum Gasteiger partial charge on any atom is 0.251 e. The zero-order valence-corrected chi connectivity index (χ0v) is 18.3. The van der Waals surface area contributed by atoms with Crippen molar-refractivity contribution >= 4 is 27.7 Å². The summed E-state index contributed by atoms with van der Waals surface area (Å²) < 4.78 is 32.3. The van der Waals surface area contributed by atoms with Crippen LogP contribution in [0.4, 0.5) is 5.82 Å². The van der Waals surface area contributed by atoms with Crippen LogP contribution in [0.25, 0.3) is 0 Å². The van der Waals surface area contributed by atoms with Gasteiger partial charge in [0.15, 0.2) is 0 Å². The number of carbonyl (C=O) groups is 2. The van der Waals surface area contributed by atoms with Crippen molar-refractivity contribution in [1.82, 2.24) is 14.6 Å². The van der Waals surface area contributed by atoms with Crippen LogP contribution in [0.1, 0.15) is 24.2 Å². The molecule has 0 spiro atoms. The molecule has 0 bridgehead atoms. The van der Waals surface area contributed by atoms with E-state index in [1.807, 2.05) is 13.8 Å². The number of aromatic nitrogens is 1. The monoisotopic (exact) mass is 446 g/mol. The van der Waals surface area contributed by atoms with Gasteiger partial charge in [-0.25, -0.2) is 13.4 Å². The Kier molecular flexibility index (Phi) is 7.37. The van der Waals surface area contributed by atoms with E-state index in [2.05, 4.69) is 15.6 Å². The number of carbonyl (C=O) groups excluding carboxylic acids is 2. The van der Waals surface area contributed by atoms with Crippen molar-refractivity contribution in [2.24, 2.45) is 5.92 Å². The highest BCUT2D eigenvalue weighted by Crippen LogP contribution is 2.19. The molecule has 0 radical (unpaired) electrons. The van der Waals surface area contributed by atoms with Gasteiger partial charge in [0.2, 0.25) is 15.9 Å². The number of sulfonamides is 1. The number of pyridine rings is 1. The Hall–Kier alpha value is -2.82. The van der Waals surface area contributed by atoms with Gasteiger partial charge in [0, 0.05) is 24.8 Å². The molecule has 2 aromatic rings. The summed E-state index contributed by atoms with van der Waals surface area (Å²) in [6.07, 6.45) is 1.55. The molecule has 2 amide bonds. The Morgan fingerprint density at radius 3 is 2.48 bits per heavy atom. The van der Waals surface area contributed by atoms with Gasteiger partial charge in [0.05, 0.1) is 18.1 Å². The number of nitrogens with zero attached hydrogens (tertiary/aromatic N) is 2. The van der Waals surface area contributed by atoms with Gasteiger partial charge in [-0.05, 0) is 36.2 Å². The topological polar surface area (TPSA) is 118 Å². The predicted molar refractivity (Wildman–Crippen MR) is 115 cm³/mol. The van der Waals surface area contributed by atoms with Gasteiger partial charge in [-0.15, -0.1) is 0 Å². The summed E-state index contributed by atoms with van der Waals surface area (Å²) in [5.41, 5.74) is 0.158. The van der Waals surface area contributed by atoms with Gasteiger partial charge in [0.1, 0.15) is 11.9 Å². The van der Waals surface area contributed by atoms with Crippen LogP contribution in [-0.2, 0) is 19.6 Å². The van der Waals surface area contributed by atoms with Crippen LogP contribution in [0.15, 0.2) is 53.6 Å². The number of morpholine rings is 1. The fourth-order valence-corrected chi connectivity index (χ4v) is 4.59. The number of amides is 2. The Morgan fingerprint density at radius 2 is 1.84 bits per heavy atom. The van der Waals surface area contributed by atoms with Crippen molar-refractivity contribution in [2.45, 2.75) is 24.8 Å². The normalized spacial score (nSPS) is 16.0. The maximum absolute atomic E-state index is 12.9. The highest BCUT2D eigenvalue weighted by atomic mass is 32.2. The molecule has 1 aromatic heterocycles. The molecule has 3 rings (SSSR count). The van der Waals surface area contributed by atoms with E-state index in [1.54, 1.807) is 24.4 Å². The lowest BCUT2D eigenvalue weighted by molar-refractivity contribution is -0.118. The molecule has 2 heterocycles. The molecule has 0 aliphatic carbocycles. The van der Waals surface area contributed by atoms with Crippen molar-refractivity contribution in [3.05, 3.63) is 54.2 Å². The molecule has 10 heteroatoms. The van der Waals surface area contributed by atoms with Crippen molar-refractivity contribution in [3.8, 4) is 0 Å². The minimum absolute atomic E-state index is 0.0288. The Labute approximate surface area is 181 Å². The van der Waals surface area contributed by atoms with Crippen LogP contribution in [0.3, 0.4) is 0 Å². The number of anilines is 1. The summed E-state index contributed by atoms with van der Waals surface area (Å²) in [6.45, 7) is 4.82. The first-order chi connectivity index (χ1) is 14.8. The number of ether oxygens (including phenoxy) is 1. The van der Waals surface area contributed by atoms with Crippen LogP contribution in [0, 0.1) is 5.92 Å². The van der Waals surface area contributed by atoms with E-state index in [0.717, 1.165) is 0 Å². The van der Waals surface area contributed by atoms with Crippen LogP contribution >= 0.6 is 0 Å². The van der Waals surface area contributed by atoms with Gasteiger partial charge in [-0.3, -0.25) is 9.59 Å². The van der Waals surface area contributed by atoms with Gasteiger partial charge < -0.3 is 15.4 Å². The lowest BCUT2D eigenvalue weighted by Crippen LogP contribution is -2.47.